The first kappa shape index (κ1) is 15.9. The van der Waals surface area contributed by atoms with Crippen molar-refractivity contribution in [2.45, 2.75) is 51.7 Å². The highest BCUT2D eigenvalue weighted by molar-refractivity contribution is 4.78. The molecule has 0 spiro atoms. The molecular weight excluding hydrogens is 230 g/mol. The Hall–Kier alpha value is -0.160. The Morgan fingerprint density at radius 2 is 1.89 bits per heavy atom. The molecule has 0 radical (unpaired) electrons. The highest BCUT2D eigenvalue weighted by Gasteiger charge is 2.21. The van der Waals surface area contributed by atoms with Gasteiger partial charge in [0, 0.05) is 19.2 Å². The SMILES string of the molecule is CCOCCOCC(O)CN[C@H](C)C1CCCC1. The van der Waals surface area contributed by atoms with E-state index >= 15 is 0 Å². The number of rotatable bonds is 10. The van der Waals surface area contributed by atoms with Crippen molar-refractivity contribution >= 4 is 0 Å². The normalized spacial score (nSPS) is 20.2. The molecule has 4 nitrogen and oxygen atoms in total. The van der Waals surface area contributed by atoms with Crippen LogP contribution in [0.4, 0.5) is 0 Å². The predicted molar refractivity (Wildman–Crippen MR) is 72.7 cm³/mol. The van der Waals surface area contributed by atoms with Crippen molar-refractivity contribution in [3.05, 3.63) is 0 Å². The van der Waals surface area contributed by atoms with Crippen LogP contribution in [0, 0.1) is 5.92 Å². The number of ether oxygens (including phenoxy) is 2. The van der Waals surface area contributed by atoms with E-state index in [0.717, 1.165) is 5.92 Å². The van der Waals surface area contributed by atoms with Gasteiger partial charge in [-0.05, 0) is 32.6 Å². The molecule has 0 aromatic heterocycles. The summed E-state index contributed by atoms with van der Waals surface area (Å²) >= 11 is 0. The van der Waals surface area contributed by atoms with Crippen molar-refractivity contribution in [1.29, 1.82) is 0 Å². The molecular formula is C14H29NO3. The highest BCUT2D eigenvalue weighted by Crippen LogP contribution is 2.27. The minimum absolute atomic E-state index is 0.386. The highest BCUT2D eigenvalue weighted by atomic mass is 16.5. The summed E-state index contributed by atoms with van der Waals surface area (Å²) in [5.74, 6) is 0.788. The van der Waals surface area contributed by atoms with Gasteiger partial charge in [-0.1, -0.05) is 12.8 Å². The molecule has 4 heteroatoms. The van der Waals surface area contributed by atoms with E-state index in [2.05, 4.69) is 12.2 Å². The molecule has 108 valence electrons. The van der Waals surface area contributed by atoms with Crippen LogP contribution in [0.5, 0.6) is 0 Å². The summed E-state index contributed by atoms with van der Waals surface area (Å²) in [6, 6.07) is 0.505. The molecule has 0 saturated heterocycles. The van der Waals surface area contributed by atoms with Gasteiger partial charge in [0.25, 0.3) is 0 Å². The lowest BCUT2D eigenvalue weighted by atomic mass is 10.00. The van der Waals surface area contributed by atoms with Gasteiger partial charge in [-0.3, -0.25) is 0 Å². The Kier molecular flexibility index (Phi) is 8.59. The van der Waals surface area contributed by atoms with Crippen LogP contribution in [0.2, 0.25) is 0 Å². The molecule has 0 heterocycles. The standard InChI is InChI=1S/C14H29NO3/c1-3-17-8-9-18-11-14(16)10-15-12(2)13-6-4-5-7-13/h12-16H,3-11H2,1-2H3/t12-,14?/m1/s1. The van der Waals surface area contributed by atoms with E-state index in [-0.39, 0.29) is 0 Å². The van der Waals surface area contributed by atoms with Crippen LogP contribution in [0.15, 0.2) is 0 Å². The number of hydrogen-bond donors (Lipinski definition) is 2. The number of aliphatic hydroxyl groups excluding tert-OH is 1. The van der Waals surface area contributed by atoms with Crippen molar-refractivity contribution in [2.75, 3.05) is 33.0 Å². The maximum Gasteiger partial charge on any atom is 0.0897 e. The van der Waals surface area contributed by atoms with Gasteiger partial charge in [-0.2, -0.15) is 0 Å². The van der Waals surface area contributed by atoms with E-state index < -0.39 is 6.10 Å². The molecule has 0 aromatic rings. The average Bonchev–Trinajstić information content (AvgIpc) is 2.89. The third kappa shape index (κ3) is 6.69. The molecule has 2 N–H and O–H groups in total. The smallest absolute Gasteiger partial charge is 0.0897 e. The molecule has 1 unspecified atom stereocenters. The van der Waals surface area contributed by atoms with Gasteiger partial charge >= 0.3 is 0 Å². The van der Waals surface area contributed by atoms with E-state index in [1.165, 1.54) is 25.7 Å². The molecule has 1 fully saturated rings. The Bertz CT molecular complexity index is 195. The third-order valence-electron chi connectivity index (χ3n) is 3.67. The van der Waals surface area contributed by atoms with Gasteiger partial charge in [-0.15, -0.1) is 0 Å². The lowest BCUT2D eigenvalue weighted by Gasteiger charge is -2.22. The molecule has 1 rings (SSSR count). The summed E-state index contributed by atoms with van der Waals surface area (Å²) in [5, 5.41) is 13.2. The Balaban J connectivity index is 1.96. The van der Waals surface area contributed by atoms with Crippen LogP contribution >= 0.6 is 0 Å². The van der Waals surface area contributed by atoms with Crippen molar-refractivity contribution < 1.29 is 14.6 Å². The van der Waals surface area contributed by atoms with Gasteiger partial charge in [0.15, 0.2) is 0 Å². The second-order valence-electron chi connectivity index (χ2n) is 5.17. The first-order valence-electron chi connectivity index (χ1n) is 7.31. The third-order valence-corrected chi connectivity index (χ3v) is 3.67. The van der Waals surface area contributed by atoms with E-state index in [0.29, 0.717) is 39.0 Å². The van der Waals surface area contributed by atoms with Crippen molar-refractivity contribution in [3.63, 3.8) is 0 Å². The summed E-state index contributed by atoms with van der Waals surface area (Å²) in [4.78, 5) is 0. The van der Waals surface area contributed by atoms with E-state index in [1.807, 2.05) is 6.92 Å². The van der Waals surface area contributed by atoms with Crippen LogP contribution in [0.3, 0.4) is 0 Å². The van der Waals surface area contributed by atoms with Crippen LogP contribution in [0.25, 0.3) is 0 Å². The zero-order chi connectivity index (χ0) is 13.2. The van der Waals surface area contributed by atoms with Gasteiger partial charge < -0.3 is 19.9 Å². The molecule has 18 heavy (non-hydrogen) atoms. The second kappa shape index (κ2) is 9.73. The predicted octanol–water partition coefficient (Wildman–Crippen LogP) is 1.57. The van der Waals surface area contributed by atoms with Crippen molar-refractivity contribution in [2.24, 2.45) is 5.92 Å². The van der Waals surface area contributed by atoms with Gasteiger partial charge in [0.05, 0.1) is 25.9 Å². The molecule has 1 aliphatic carbocycles. The molecule has 0 aromatic carbocycles. The van der Waals surface area contributed by atoms with Crippen LogP contribution in [0.1, 0.15) is 39.5 Å². The fourth-order valence-electron chi connectivity index (χ4n) is 2.49. The number of aliphatic hydroxyl groups is 1. The topological polar surface area (TPSA) is 50.7 Å². The van der Waals surface area contributed by atoms with Crippen molar-refractivity contribution in [1.82, 2.24) is 5.32 Å². The zero-order valence-corrected chi connectivity index (χ0v) is 11.9. The minimum Gasteiger partial charge on any atom is -0.389 e. The lowest BCUT2D eigenvalue weighted by Crippen LogP contribution is -2.39. The summed E-state index contributed by atoms with van der Waals surface area (Å²) in [5.41, 5.74) is 0. The fourth-order valence-corrected chi connectivity index (χ4v) is 2.49. The monoisotopic (exact) mass is 259 g/mol. The van der Waals surface area contributed by atoms with Crippen LogP contribution < -0.4 is 5.32 Å². The largest absolute Gasteiger partial charge is 0.389 e. The fraction of sp³-hybridized carbons (Fsp3) is 1.00. The lowest BCUT2D eigenvalue weighted by molar-refractivity contribution is 0.00538. The average molecular weight is 259 g/mol. The van der Waals surface area contributed by atoms with Crippen LogP contribution in [-0.2, 0) is 9.47 Å². The Morgan fingerprint density at radius 3 is 2.56 bits per heavy atom. The molecule has 1 saturated carbocycles. The Morgan fingerprint density at radius 1 is 1.22 bits per heavy atom. The number of nitrogens with one attached hydrogen (secondary N) is 1. The minimum atomic E-state index is -0.421. The van der Waals surface area contributed by atoms with Gasteiger partial charge in [0.1, 0.15) is 0 Å². The van der Waals surface area contributed by atoms with Gasteiger partial charge in [-0.25, -0.2) is 0 Å². The summed E-state index contributed by atoms with van der Waals surface area (Å²) in [6.45, 7) is 7.07. The van der Waals surface area contributed by atoms with E-state index in [4.69, 9.17) is 9.47 Å². The Labute approximate surface area is 111 Å². The summed E-state index contributed by atoms with van der Waals surface area (Å²) < 4.78 is 10.5. The first-order chi connectivity index (χ1) is 8.74. The summed E-state index contributed by atoms with van der Waals surface area (Å²) in [7, 11) is 0. The second-order valence-corrected chi connectivity index (χ2v) is 5.17. The first-order valence-corrected chi connectivity index (χ1v) is 7.31. The van der Waals surface area contributed by atoms with Crippen LogP contribution in [-0.4, -0.2) is 50.2 Å². The van der Waals surface area contributed by atoms with Crippen molar-refractivity contribution in [3.8, 4) is 0 Å². The van der Waals surface area contributed by atoms with E-state index in [9.17, 15) is 5.11 Å². The maximum atomic E-state index is 9.77. The van der Waals surface area contributed by atoms with E-state index in [1.54, 1.807) is 0 Å². The molecule has 0 aliphatic heterocycles. The zero-order valence-electron chi connectivity index (χ0n) is 11.9. The quantitative estimate of drug-likeness (QED) is 0.585. The number of hydrogen-bond acceptors (Lipinski definition) is 4. The maximum absolute atomic E-state index is 9.77. The molecule has 1 aliphatic rings. The molecule has 0 amide bonds. The molecule has 2 atom stereocenters. The van der Waals surface area contributed by atoms with Gasteiger partial charge in [0.2, 0.25) is 0 Å². The molecule has 0 bridgehead atoms. The summed E-state index contributed by atoms with van der Waals surface area (Å²) in [6.07, 6.45) is 4.96.